The molecule has 5 heteroatoms. The Morgan fingerprint density at radius 2 is 1.80 bits per heavy atom. The highest BCUT2D eigenvalue weighted by Gasteiger charge is 2.24. The molecule has 5 nitrogen and oxygen atoms in total. The first-order chi connectivity index (χ1) is 14.8. The Balaban J connectivity index is 1.42. The van der Waals surface area contributed by atoms with Gasteiger partial charge in [-0.25, -0.2) is 4.98 Å². The summed E-state index contributed by atoms with van der Waals surface area (Å²) in [6.07, 6.45) is 6.20. The summed E-state index contributed by atoms with van der Waals surface area (Å²) in [4.78, 5) is 20.1. The van der Waals surface area contributed by atoms with E-state index < -0.39 is 0 Å². The minimum Gasteiger partial charge on any atom is -0.454 e. The maximum absolute atomic E-state index is 13.5. The van der Waals surface area contributed by atoms with Gasteiger partial charge in [0.1, 0.15) is 5.69 Å². The fourth-order valence-electron chi connectivity index (χ4n) is 4.51. The number of nitrogens with zero attached hydrogens (tertiary/aromatic N) is 2. The third-order valence-corrected chi connectivity index (χ3v) is 6.12. The van der Waals surface area contributed by atoms with E-state index in [9.17, 15) is 4.79 Å². The van der Waals surface area contributed by atoms with Crippen LogP contribution in [0.1, 0.15) is 48.2 Å². The second-order valence-electron chi connectivity index (χ2n) is 8.27. The van der Waals surface area contributed by atoms with Crippen LogP contribution in [0, 0.1) is 5.92 Å². The number of carbonyl (C=O) groups is 1. The summed E-state index contributed by atoms with van der Waals surface area (Å²) in [5.74, 6) is 2.06. The van der Waals surface area contributed by atoms with Crippen LogP contribution in [0.4, 0.5) is 0 Å². The highest BCUT2D eigenvalue weighted by atomic mass is 16.7. The van der Waals surface area contributed by atoms with Crippen molar-refractivity contribution in [2.45, 2.75) is 38.6 Å². The number of ether oxygens (including phenoxy) is 2. The molecule has 1 aromatic heterocycles. The van der Waals surface area contributed by atoms with E-state index in [1.54, 1.807) is 0 Å². The van der Waals surface area contributed by atoms with Crippen LogP contribution in [0.5, 0.6) is 11.5 Å². The maximum Gasteiger partial charge on any atom is 0.272 e. The van der Waals surface area contributed by atoms with Crippen LogP contribution < -0.4 is 9.47 Å². The van der Waals surface area contributed by atoms with E-state index in [1.807, 2.05) is 59.5 Å². The summed E-state index contributed by atoms with van der Waals surface area (Å²) < 4.78 is 11.0. The predicted octanol–water partition coefficient (Wildman–Crippen LogP) is 5.19. The molecule has 0 saturated heterocycles. The second-order valence-corrected chi connectivity index (χ2v) is 8.27. The minimum atomic E-state index is -0.0102. The number of benzene rings is 2. The topological polar surface area (TPSA) is 51.7 Å². The summed E-state index contributed by atoms with van der Waals surface area (Å²) >= 11 is 0. The predicted molar refractivity (Wildman–Crippen MR) is 116 cm³/mol. The molecule has 3 aromatic rings. The van der Waals surface area contributed by atoms with Gasteiger partial charge in [-0.05, 0) is 48.6 Å². The number of carbonyl (C=O) groups excluding carboxylic acids is 1. The van der Waals surface area contributed by atoms with E-state index in [4.69, 9.17) is 9.47 Å². The molecule has 1 fully saturated rings. The number of para-hydroxylation sites is 1. The zero-order valence-electron chi connectivity index (χ0n) is 17.0. The number of rotatable bonds is 5. The van der Waals surface area contributed by atoms with Crippen molar-refractivity contribution in [3.63, 3.8) is 0 Å². The van der Waals surface area contributed by atoms with Gasteiger partial charge in [-0.15, -0.1) is 0 Å². The zero-order valence-corrected chi connectivity index (χ0v) is 17.0. The third-order valence-electron chi connectivity index (χ3n) is 6.12. The third kappa shape index (κ3) is 3.97. The summed E-state index contributed by atoms with van der Waals surface area (Å²) in [5, 5.41) is 1.05. The lowest BCUT2D eigenvalue weighted by molar-refractivity contribution is 0.0693. The summed E-state index contributed by atoms with van der Waals surface area (Å²) in [6.45, 7) is 1.56. The van der Waals surface area contributed by atoms with E-state index in [2.05, 4.69) is 4.98 Å². The van der Waals surface area contributed by atoms with Gasteiger partial charge in [0, 0.05) is 18.5 Å². The van der Waals surface area contributed by atoms with Crippen LogP contribution in [0.3, 0.4) is 0 Å². The van der Waals surface area contributed by atoms with Gasteiger partial charge >= 0.3 is 0 Å². The molecule has 0 bridgehead atoms. The first-order valence-electron chi connectivity index (χ1n) is 10.8. The highest BCUT2D eigenvalue weighted by Crippen LogP contribution is 2.33. The second kappa shape index (κ2) is 8.34. The van der Waals surface area contributed by atoms with Crippen molar-refractivity contribution >= 4 is 16.8 Å². The molecule has 1 saturated carbocycles. The van der Waals surface area contributed by atoms with Crippen molar-refractivity contribution in [2.24, 2.45) is 5.92 Å². The Bertz CT molecular complexity index is 1060. The normalized spacial score (nSPS) is 16.0. The lowest BCUT2D eigenvalue weighted by Gasteiger charge is -2.30. The number of aromatic nitrogens is 1. The molecular formula is C25H26N2O3. The average Bonchev–Trinajstić information content (AvgIpc) is 3.26. The molecule has 5 rings (SSSR count). The van der Waals surface area contributed by atoms with Crippen LogP contribution in [0.25, 0.3) is 10.9 Å². The summed E-state index contributed by atoms with van der Waals surface area (Å²) in [5.41, 5.74) is 2.40. The molecule has 1 aliphatic heterocycles. The summed E-state index contributed by atoms with van der Waals surface area (Å²) in [7, 11) is 0. The van der Waals surface area contributed by atoms with Gasteiger partial charge in [0.15, 0.2) is 11.5 Å². The number of hydrogen-bond acceptors (Lipinski definition) is 4. The maximum atomic E-state index is 13.5. The Kier molecular flexibility index (Phi) is 5.26. The number of fused-ring (bicyclic) bond motifs is 2. The van der Waals surface area contributed by atoms with Crippen LogP contribution in [-0.2, 0) is 6.54 Å². The lowest BCUT2D eigenvalue weighted by atomic mass is 9.88. The Labute approximate surface area is 176 Å². The summed E-state index contributed by atoms with van der Waals surface area (Å²) in [6, 6.07) is 17.7. The molecule has 30 heavy (non-hydrogen) atoms. The van der Waals surface area contributed by atoms with Crippen molar-refractivity contribution in [3.05, 3.63) is 65.9 Å². The van der Waals surface area contributed by atoms with Crippen LogP contribution >= 0.6 is 0 Å². The zero-order chi connectivity index (χ0) is 20.3. The molecule has 1 amide bonds. The fraction of sp³-hybridized carbons (Fsp3) is 0.360. The van der Waals surface area contributed by atoms with Gasteiger partial charge in [0.05, 0.1) is 5.52 Å². The molecule has 2 heterocycles. The van der Waals surface area contributed by atoms with Gasteiger partial charge in [-0.1, -0.05) is 49.6 Å². The fourth-order valence-corrected chi connectivity index (χ4v) is 4.51. The molecule has 154 valence electrons. The monoisotopic (exact) mass is 402 g/mol. The van der Waals surface area contributed by atoms with Crippen LogP contribution in [-0.4, -0.2) is 29.1 Å². The average molecular weight is 402 g/mol. The number of hydrogen-bond donors (Lipinski definition) is 0. The smallest absolute Gasteiger partial charge is 0.272 e. The molecular weight excluding hydrogens is 376 g/mol. The van der Waals surface area contributed by atoms with Crippen LogP contribution in [0.15, 0.2) is 54.6 Å². The molecule has 2 aliphatic rings. The molecule has 1 aliphatic carbocycles. The standard InChI is InChI=1S/C25H26N2O3/c28-25(22-12-11-20-8-4-5-9-21(20)26-22)27(15-18-6-2-1-3-7-18)16-19-10-13-23-24(14-19)30-17-29-23/h4-5,8-14,18H,1-3,6-7,15-17H2. The molecule has 0 spiro atoms. The molecule has 0 unspecified atom stereocenters. The number of amides is 1. The first-order valence-corrected chi connectivity index (χ1v) is 10.8. The molecule has 0 N–H and O–H groups in total. The SMILES string of the molecule is O=C(c1ccc2ccccc2n1)N(Cc1ccc2c(c1)OCO2)CC1CCCCC1. The Morgan fingerprint density at radius 3 is 2.70 bits per heavy atom. The Hall–Kier alpha value is -3.08. The van der Waals surface area contributed by atoms with E-state index in [-0.39, 0.29) is 12.7 Å². The molecule has 0 atom stereocenters. The van der Waals surface area contributed by atoms with E-state index in [0.29, 0.717) is 18.2 Å². The first kappa shape index (κ1) is 18.9. The minimum absolute atomic E-state index is 0.0102. The quantitative estimate of drug-likeness (QED) is 0.590. The van der Waals surface area contributed by atoms with Gasteiger partial charge in [0.2, 0.25) is 6.79 Å². The van der Waals surface area contributed by atoms with Crippen molar-refractivity contribution in [1.29, 1.82) is 0 Å². The van der Waals surface area contributed by atoms with Gasteiger partial charge in [-0.2, -0.15) is 0 Å². The van der Waals surface area contributed by atoms with Gasteiger partial charge in [0.25, 0.3) is 5.91 Å². The lowest BCUT2D eigenvalue weighted by Crippen LogP contribution is -2.36. The highest BCUT2D eigenvalue weighted by molar-refractivity contribution is 5.94. The van der Waals surface area contributed by atoms with Crippen molar-refractivity contribution < 1.29 is 14.3 Å². The van der Waals surface area contributed by atoms with Crippen molar-refractivity contribution in [1.82, 2.24) is 9.88 Å². The van der Waals surface area contributed by atoms with E-state index >= 15 is 0 Å². The van der Waals surface area contributed by atoms with Crippen molar-refractivity contribution in [2.75, 3.05) is 13.3 Å². The molecule has 2 aromatic carbocycles. The van der Waals surface area contributed by atoms with Gasteiger partial charge < -0.3 is 14.4 Å². The number of pyridine rings is 1. The Morgan fingerprint density at radius 1 is 0.967 bits per heavy atom. The van der Waals surface area contributed by atoms with Crippen LogP contribution in [0.2, 0.25) is 0 Å². The van der Waals surface area contributed by atoms with E-state index in [0.717, 1.165) is 34.5 Å². The largest absolute Gasteiger partial charge is 0.454 e. The van der Waals surface area contributed by atoms with Crippen molar-refractivity contribution in [3.8, 4) is 11.5 Å². The molecule has 0 radical (unpaired) electrons. The van der Waals surface area contributed by atoms with E-state index in [1.165, 1.54) is 32.1 Å². The van der Waals surface area contributed by atoms with Gasteiger partial charge in [-0.3, -0.25) is 4.79 Å².